The van der Waals surface area contributed by atoms with Gasteiger partial charge in [0, 0.05) is 12.5 Å². The monoisotopic (exact) mass is 284 g/mol. The normalized spacial score (nSPS) is 34.0. The molecule has 2 rings (SSSR count). The quantitative estimate of drug-likeness (QED) is 0.781. The van der Waals surface area contributed by atoms with Crippen LogP contribution in [-0.2, 0) is 19.0 Å². The summed E-state index contributed by atoms with van der Waals surface area (Å²) in [4.78, 5) is 11.4. The van der Waals surface area contributed by atoms with Crippen LogP contribution in [0.1, 0.15) is 46.5 Å². The molecule has 0 aliphatic carbocycles. The van der Waals surface area contributed by atoms with E-state index in [0.717, 1.165) is 12.8 Å². The largest absolute Gasteiger partial charge is 0.456 e. The second kappa shape index (κ2) is 6.24. The molecule has 1 saturated heterocycles. The minimum Gasteiger partial charge on any atom is -0.456 e. The van der Waals surface area contributed by atoms with Crippen molar-refractivity contribution in [2.75, 3.05) is 0 Å². The predicted octanol–water partition coefficient (Wildman–Crippen LogP) is 1.93. The molecule has 2 aliphatic rings. The highest BCUT2D eigenvalue weighted by molar-refractivity contribution is 5.82. The van der Waals surface area contributed by atoms with Crippen molar-refractivity contribution >= 4 is 5.97 Å². The highest BCUT2D eigenvalue weighted by Crippen LogP contribution is 2.35. The van der Waals surface area contributed by atoms with E-state index in [0.29, 0.717) is 12.8 Å². The fraction of sp³-hybridized carbons (Fsp3) is 0.800. The Morgan fingerprint density at radius 3 is 2.85 bits per heavy atom. The van der Waals surface area contributed by atoms with E-state index < -0.39 is 30.2 Å². The van der Waals surface area contributed by atoms with E-state index in [1.54, 1.807) is 6.08 Å². The van der Waals surface area contributed by atoms with Gasteiger partial charge in [-0.25, -0.2) is 4.79 Å². The van der Waals surface area contributed by atoms with Gasteiger partial charge in [0.2, 0.25) is 0 Å². The number of carbonyl (C=O) groups is 1. The van der Waals surface area contributed by atoms with Crippen LogP contribution in [0.3, 0.4) is 0 Å². The zero-order valence-electron chi connectivity index (χ0n) is 12.4. The second-order valence-corrected chi connectivity index (χ2v) is 5.89. The van der Waals surface area contributed by atoms with Crippen LogP contribution in [0.25, 0.3) is 0 Å². The SMILES string of the molecule is CCCC[C@H](O)[C@H]1OC(C)(C)O[C@@H]1[C@H]1CC=CC(=O)O1. The molecule has 114 valence electrons. The van der Waals surface area contributed by atoms with Gasteiger partial charge in [0.15, 0.2) is 5.79 Å². The molecule has 0 saturated carbocycles. The van der Waals surface area contributed by atoms with Crippen LogP contribution in [0.5, 0.6) is 0 Å². The lowest BCUT2D eigenvalue weighted by atomic mass is 9.97. The molecule has 0 radical (unpaired) electrons. The molecule has 5 nitrogen and oxygen atoms in total. The van der Waals surface area contributed by atoms with Gasteiger partial charge in [0.1, 0.15) is 18.3 Å². The van der Waals surface area contributed by atoms with Crippen LogP contribution < -0.4 is 0 Å². The Balaban J connectivity index is 2.07. The third-order valence-corrected chi connectivity index (χ3v) is 3.65. The molecule has 20 heavy (non-hydrogen) atoms. The smallest absolute Gasteiger partial charge is 0.330 e. The fourth-order valence-electron chi connectivity index (χ4n) is 2.72. The van der Waals surface area contributed by atoms with Crippen LogP contribution >= 0.6 is 0 Å². The van der Waals surface area contributed by atoms with Gasteiger partial charge in [-0.2, -0.15) is 0 Å². The average Bonchev–Trinajstić information content (AvgIpc) is 2.72. The highest BCUT2D eigenvalue weighted by atomic mass is 16.8. The van der Waals surface area contributed by atoms with Crippen molar-refractivity contribution in [3.63, 3.8) is 0 Å². The summed E-state index contributed by atoms with van der Waals surface area (Å²) < 4.78 is 17.0. The predicted molar refractivity (Wildman–Crippen MR) is 73.0 cm³/mol. The molecule has 1 N–H and O–H groups in total. The molecule has 0 amide bonds. The molecule has 0 aromatic heterocycles. The third-order valence-electron chi connectivity index (χ3n) is 3.65. The van der Waals surface area contributed by atoms with E-state index in [2.05, 4.69) is 6.92 Å². The van der Waals surface area contributed by atoms with E-state index in [-0.39, 0.29) is 5.97 Å². The number of rotatable bonds is 5. The van der Waals surface area contributed by atoms with Gasteiger partial charge >= 0.3 is 5.97 Å². The summed E-state index contributed by atoms with van der Waals surface area (Å²) >= 11 is 0. The summed E-state index contributed by atoms with van der Waals surface area (Å²) in [6.45, 7) is 5.70. The minimum atomic E-state index is -0.768. The summed E-state index contributed by atoms with van der Waals surface area (Å²) in [5, 5.41) is 10.3. The number of cyclic esters (lactones) is 1. The third kappa shape index (κ3) is 3.59. The summed E-state index contributed by atoms with van der Waals surface area (Å²) in [7, 11) is 0. The van der Waals surface area contributed by atoms with Crippen molar-refractivity contribution in [3.8, 4) is 0 Å². The van der Waals surface area contributed by atoms with Gasteiger partial charge in [-0.05, 0) is 20.3 Å². The first kappa shape index (κ1) is 15.5. The molecule has 0 aromatic rings. The lowest BCUT2D eigenvalue weighted by molar-refractivity contribution is -0.170. The first-order valence-corrected chi connectivity index (χ1v) is 7.34. The molecule has 0 aromatic carbocycles. The molecule has 2 heterocycles. The molecule has 0 spiro atoms. The molecule has 1 fully saturated rings. The highest BCUT2D eigenvalue weighted by Gasteiger charge is 2.49. The lowest BCUT2D eigenvalue weighted by Gasteiger charge is -2.29. The Kier molecular flexibility index (Phi) is 4.83. The van der Waals surface area contributed by atoms with Crippen molar-refractivity contribution in [2.24, 2.45) is 0 Å². The molecule has 0 unspecified atom stereocenters. The number of hydrogen-bond donors (Lipinski definition) is 1. The van der Waals surface area contributed by atoms with Crippen molar-refractivity contribution in [1.82, 2.24) is 0 Å². The van der Waals surface area contributed by atoms with Crippen molar-refractivity contribution < 1.29 is 24.1 Å². The van der Waals surface area contributed by atoms with Crippen molar-refractivity contribution in [2.45, 2.75) is 76.7 Å². The van der Waals surface area contributed by atoms with Crippen molar-refractivity contribution in [1.29, 1.82) is 0 Å². The maximum Gasteiger partial charge on any atom is 0.330 e. The zero-order valence-corrected chi connectivity index (χ0v) is 12.4. The van der Waals surface area contributed by atoms with Crippen LogP contribution in [0.2, 0.25) is 0 Å². The van der Waals surface area contributed by atoms with E-state index in [9.17, 15) is 9.90 Å². The summed E-state index contributed by atoms with van der Waals surface area (Å²) in [5.41, 5.74) is 0. The van der Waals surface area contributed by atoms with E-state index in [4.69, 9.17) is 14.2 Å². The van der Waals surface area contributed by atoms with Gasteiger partial charge in [-0.15, -0.1) is 0 Å². The Morgan fingerprint density at radius 2 is 2.20 bits per heavy atom. The second-order valence-electron chi connectivity index (χ2n) is 5.89. The van der Waals surface area contributed by atoms with Gasteiger partial charge < -0.3 is 19.3 Å². The maximum atomic E-state index is 11.4. The Morgan fingerprint density at radius 1 is 1.45 bits per heavy atom. The number of ether oxygens (including phenoxy) is 3. The standard InChI is InChI=1S/C15H24O5/c1-4-5-7-10(16)13-14(20-15(2,3)19-13)11-8-6-9-12(17)18-11/h6,9-11,13-14,16H,4-5,7-8H2,1-3H3/t10-,11+,13+,14+/m0/s1. The average molecular weight is 284 g/mol. The van der Waals surface area contributed by atoms with Crippen LogP contribution in [0, 0.1) is 0 Å². The summed E-state index contributed by atoms with van der Waals surface area (Å²) in [6.07, 6.45) is 4.51. The maximum absolute atomic E-state index is 11.4. The van der Waals surface area contributed by atoms with E-state index >= 15 is 0 Å². The molecule has 4 atom stereocenters. The van der Waals surface area contributed by atoms with Gasteiger partial charge in [-0.3, -0.25) is 0 Å². The Bertz CT molecular complexity index is 376. The van der Waals surface area contributed by atoms with Crippen LogP contribution in [0.4, 0.5) is 0 Å². The van der Waals surface area contributed by atoms with Crippen LogP contribution in [0.15, 0.2) is 12.2 Å². The molecule has 5 heteroatoms. The number of aliphatic hydroxyl groups is 1. The van der Waals surface area contributed by atoms with Gasteiger partial charge in [0.05, 0.1) is 6.10 Å². The molecular formula is C15H24O5. The van der Waals surface area contributed by atoms with Crippen LogP contribution in [-0.4, -0.2) is 41.3 Å². The topological polar surface area (TPSA) is 65.0 Å². The first-order valence-electron chi connectivity index (χ1n) is 7.34. The van der Waals surface area contributed by atoms with Crippen molar-refractivity contribution in [3.05, 3.63) is 12.2 Å². The summed E-state index contributed by atoms with van der Waals surface area (Å²) in [6, 6.07) is 0. The molecular weight excluding hydrogens is 260 g/mol. The number of aliphatic hydroxyl groups excluding tert-OH is 1. The fourth-order valence-corrected chi connectivity index (χ4v) is 2.72. The first-order chi connectivity index (χ1) is 9.43. The minimum absolute atomic E-state index is 0.364. The van der Waals surface area contributed by atoms with Gasteiger partial charge in [-0.1, -0.05) is 25.8 Å². The zero-order chi connectivity index (χ0) is 14.8. The lowest BCUT2D eigenvalue weighted by Crippen LogP contribution is -2.44. The molecule has 0 bridgehead atoms. The number of unbranched alkanes of at least 4 members (excludes halogenated alkanes) is 1. The Hall–Kier alpha value is -0.910. The molecule has 2 aliphatic heterocycles. The number of carbonyl (C=O) groups excluding carboxylic acids is 1. The van der Waals surface area contributed by atoms with Gasteiger partial charge in [0.25, 0.3) is 0 Å². The number of hydrogen-bond acceptors (Lipinski definition) is 5. The van der Waals surface area contributed by atoms with E-state index in [1.807, 2.05) is 13.8 Å². The number of esters is 1. The Labute approximate surface area is 119 Å². The van der Waals surface area contributed by atoms with E-state index in [1.165, 1.54) is 6.08 Å². The summed E-state index contributed by atoms with van der Waals surface area (Å²) in [5.74, 6) is -1.13.